The Morgan fingerprint density at radius 2 is 1.54 bits per heavy atom. The minimum Gasteiger partial charge on any atom is -0.352 e. The Balaban J connectivity index is 1.07. The smallest absolute Gasteiger partial charge is 0.317 e. The maximum atomic E-state index is 13.0. The topological polar surface area (TPSA) is 111 Å². The van der Waals surface area contributed by atoms with E-state index in [4.69, 9.17) is 0 Å². The number of hydrogen-bond acceptors (Lipinski definition) is 4. The molecule has 35 heavy (non-hydrogen) atoms. The monoisotopic (exact) mass is 481 g/mol. The van der Waals surface area contributed by atoms with Gasteiger partial charge in [-0.15, -0.1) is 0 Å². The Bertz CT molecular complexity index is 980. The van der Waals surface area contributed by atoms with Gasteiger partial charge in [0.1, 0.15) is 6.04 Å². The minimum atomic E-state index is -0.676. The van der Waals surface area contributed by atoms with E-state index in [1.165, 1.54) is 19.3 Å². The molecular weight excluding hydrogens is 446 g/mol. The third-order valence-electron chi connectivity index (χ3n) is 7.69. The van der Waals surface area contributed by atoms with Crippen molar-refractivity contribution in [3.8, 4) is 0 Å². The summed E-state index contributed by atoms with van der Waals surface area (Å²) in [5, 5.41) is 8.88. The Labute approximate surface area is 206 Å². The van der Waals surface area contributed by atoms with E-state index >= 15 is 0 Å². The summed E-state index contributed by atoms with van der Waals surface area (Å²) in [5.41, 5.74) is 1.28. The van der Waals surface area contributed by atoms with Crippen molar-refractivity contribution in [3.63, 3.8) is 0 Å². The number of benzene rings is 1. The van der Waals surface area contributed by atoms with Gasteiger partial charge in [0.25, 0.3) is 5.91 Å². The highest BCUT2D eigenvalue weighted by atomic mass is 16.2. The van der Waals surface area contributed by atoms with Crippen LogP contribution < -0.4 is 16.0 Å². The van der Waals surface area contributed by atoms with E-state index in [1.54, 1.807) is 17.0 Å². The van der Waals surface area contributed by atoms with Crippen molar-refractivity contribution < 1.29 is 19.2 Å². The largest absolute Gasteiger partial charge is 0.352 e. The number of urea groups is 1. The van der Waals surface area contributed by atoms with E-state index < -0.39 is 6.04 Å². The van der Waals surface area contributed by atoms with Gasteiger partial charge in [-0.2, -0.15) is 0 Å². The highest BCUT2D eigenvalue weighted by molar-refractivity contribution is 6.05. The highest BCUT2D eigenvalue weighted by Gasteiger charge is 2.47. The summed E-state index contributed by atoms with van der Waals surface area (Å²) < 4.78 is 0. The van der Waals surface area contributed by atoms with Gasteiger partial charge in [0.05, 0.1) is 6.54 Å². The third kappa shape index (κ3) is 5.28. The van der Waals surface area contributed by atoms with Crippen LogP contribution in [0.15, 0.2) is 24.3 Å². The lowest BCUT2D eigenvalue weighted by Crippen LogP contribution is -2.52. The molecule has 0 bridgehead atoms. The first-order chi connectivity index (χ1) is 17.0. The molecule has 9 heteroatoms. The average Bonchev–Trinajstić information content (AvgIpc) is 3.67. The Hall–Kier alpha value is -3.10. The summed E-state index contributed by atoms with van der Waals surface area (Å²) in [4.78, 5) is 54.4. The second kappa shape index (κ2) is 10.3. The van der Waals surface area contributed by atoms with Crippen LogP contribution in [0.2, 0.25) is 0 Å². The van der Waals surface area contributed by atoms with Gasteiger partial charge in [-0.3, -0.25) is 14.4 Å². The van der Waals surface area contributed by atoms with E-state index in [2.05, 4.69) is 16.0 Å². The number of piperidine rings is 1. The van der Waals surface area contributed by atoms with Gasteiger partial charge >= 0.3 is 6.03 Å². The minimum absolute atomic E-state index is 0.000508. The normalized spacial score (nSPS) is 23.1. The highest BCUT2D eigenvalue weighted by Crippen LogP contribution is 2.41. The van der Waals surface area contributed by atoms with Gasteiger partial charge in [-0.1, -0.05) is 37.5 Å². The van der Waals surface area contributed by atoms with Crippen LogP contribution in [0.1, 0.15) is 79.8 Å². The summed E-state index contributed by atoms with van der Waals surface area (Å²) in [6.07, 6.45) is 8.92. The zero-order chi connectivity index (χ0) is 24.4. The fourth-order valence-corrected chi connectivity index (χ4v) is 5.62. The first-order valence-electron chi connectivity index (χ1n) is 13.1. The van der Waals surface area contributed by atoms with Crippen LogP contribution in [0.3, 0.4) is 0 Å². The zero-order valence-electron chi connectivity index (χ0n) is 20.1. The van der Waals surface area contributed by atoms with Gasteiger partial charge in [-0.25, -0.2) is 4.79 Å². The fraction of sp³-hybridized carbons (Fsp3) is 0.615. The molecule has 3 fully saturated rings. The molecule has 0 radical (unpaired) electrons. The number of nitrogens with zero attached hydrogens (tertiary/aromatic N) is 2. The predicted molar refractivity (Wildman–Crippen MR) is 130 cm³/mol. The standard InChI is InChI=1S/C26H35N5O4/c32-22(28-18-12-14-30(15-13-18)26(35)29-17-6-2-1-3-7-17)16-27-24(33)23-20-8-4-5-9-21(20)25(34)31(23)19-10-11-19/h4-5,8-9,17-19,23H,1-3,6-7,10-16H2,(H,27,33)(H,28,32)(H,29,35). The number of amides is 5. The van der Waals surface area contributed by atoms with Crippen LogP contribution >= 0.6 is 0 Å². The average molecular weight is 482 g/mol. The van der Waals surface area contributed by atoms with Crippen molar-refractivity contribution in [2.45, 2.75) is 82.0 Å². The van der Waals surface area contributed by atoms with E-state index in [9.17, 15) is 19.2 Å². The SMILES string of the molecule is O=C(CNC(=O)C1c2ccccc2C(=O)N1C1CC1)NC1CCN(C(=O)NC2CCCCC2)CC1. The Kier molecular flexibility index (Phi) is 6.92. The number of nitrogens with one attached hydrogen (secondary N) is 3. The van der Waals surface area contributed by atoms with Crippen molar-refractivity contribution in [2.24, 2.45) is 0 Å². The van der Waals surface area contributed by atoms with Gasteiger partial charge in [0, 0.05) is 36.8 Å². The summed E-state index contributed by atoms with van der Waals surface area (Å²) in [5.74, 6) is -0.675. The molecule has 9 nitrogen and oxygen atoms in total. The van der Waals surface area contributed by atoms with E-state index in [1.807, 2.05) is 17.0 Å². The van der Waals surface area contributed by atoms with Crippen LogP contribution in [0.4, 0.5) is 4.79 Å². The number of carbonyl (C=O) groups is 4. The first-order valence-corrected chi connectivity index (χ1v) is 13.1. The van der Waals surface area contributed by atoms with Crippen LogP contribution in [-0.4, -0.2) is 71.3 Å². The van der Waals surface area contributed by atoms with Crippen LogP contribution in [0.5, 0.6) is 0 Å². The van der Waals surface area contributed by atoms with Crippen molar-refractivity contribution in [3.05, 3.63) is 35.4 Å². The second-order valence-corrected chi connectivity index (χ2v) is 10.3. The van der Waals surface area contributed by atoms with Gasteiger partial charge in [0.2, 0.25) is 11.8 Å². The molecule has 1 aromatic rings. The summed E-state index contributed by atoms with van der Waals surface area (Å²) in [6, 6.07) is 6.90. The number of hydrogen-bond donors (Lipinski definition) is 3. The van der Waals surface area contributed by atoms with Crippen LogP contribution in [0, 0.1) is 0 Å². The predicted octanol–water partition coefficient (Wildman–Crippen LogP) is 2.08. The fourth-order valence-electron chi connectivity index (χ4n) is 5.62. The molecule has 0 spiro atoms. The van der Waals surface area contributed by atoms with Crippen LogP contribution in [-0.2, 0) is 9.59 Å². The lowest BCUT2D eigenvalue weighted by molar-refractivity contribution is -0.129. The van der Waals surface area contributed by atoms with Gasteiger partial charge in [0.15, 0.2) is 0 Å². The molecule has 3 N–H and O–H groups in total. The molecule has 0 aromatic heterocycles. The van der Waals surface area contributed by atoms with E-state index in [-0.39, 0.29) is 48.4 Å². The van der Waals surface area contributed by atoms with Gasteiger partial charge in [-0.05, 0) is 50.2 Å². The maximum Gasteiger partial charge on any atom is 0.317 e. The number of likely N-dealkylation sites (tertiary alicyclic amines) is 1. The van der Waals surface area contributed by atoms with E-state index in [0.29, 0.717) is 37.1 Å². The van der Waals surface area contributed by atoms with Crippen molar-refractivity contribution in [1.82, 2.24) is 25.8 Å². The quantitative estimate of drug-likeness (QED) is 0.578. The molecule has 1 unspecified atom stereocenters. The molecule has 2 aliphatic carbocycles. The van der Waals surface area contributed by atoms with Crippen molar-refractivity contribution in [1.29, 1.82) is 0 Å². The molecule has 1 atom stereocenters. The summed E-state index contributed by atoms with van der Waals surface area (Å²) in [6.45, 7) is 1.08. The maximum absolute atomic E-state index is 13.0. The number of rotatable bonds is 6. The molecule has 5 rings (SSSR count). The molecule has 5 amide bonds. The summed E-state index contributed by atoms with van der Waals surface area (Å²) in [7, 11) is 0. The van der Waals surface area contributed by atoms with Crippen LogP contribution in [0.25, 0.3) is 0 Å². The molecule has 2 heterocycles. The summed E-state index contributed by atoms with van der Waals surface area (Å²) >= 11 is 0. The first kappa shape index (κ1) is 23.6. The molecule has 4 aliphatic rings. The molecule has 2 saturated carbocycles. The lowest BCUT2D eigenvalue weighted by atomic mass is 9.95. The third-order valence-corrected chi connectivity index (χ3v) is 7.69. The molecule has 2 aliphatic heterocycles. The number of carbonyl (C=O) groups excluding carboxylic acids is 4. The number of fused-ring (bicyclic) bond motifs is 1. The molecule has 188 valence electrons. The van der Waals surface area contributed by atoms with Gasteiger partial charge < -0.3 is 25.8 Å². The molecular formula is C26H35N5O4. The van der Waals surface area contributed by atoms with E-state index in [0.717, 1.165) is 25.7 Å². The lowest BCUT2D eigenvalue weighted by Gasteiger charge is -2.34. The zero-order valence-corrected chi connectivity index (χ0v) is 20.1. The Morgan fingerprint density at radius 3 is 2.26 bits per heavy atom. The second-order valence-electron chi connectivity index (χ2n) is 10.3. The van der Waals surface area contributed by atoms with Crippen molar-refractivity contribution in [2.75, 3.05) is 19.6 Å². The molecule has 1 saturated heterocycles. The Morgan fingerprint density at radius 1 is 0.857 bits per heavy atom. The van der Waals surface area contributed by atoms with Crippen molar-refractivity contribution >= 4 is 23.8 Å². The molecule has 1 aromatic carbocycles.